The van der Waals surface area contributed by atoms with Crippen molar-refractivity contribution in [2.45, 2.75) is 6.54 Å². The van der Waals surface area contributed by atoms with Gasteiger partial charge in [0, 0.05) is 23.1 Å². The number of benzene rings is 1. The molecule has 18 heavy (non-hydrogen) atoms. The number of rotatable bonds is 1. The fraction of sp³-hybridized carbons (Fsp3) is 0.0769. The molecular formula is C13H12N4O. The minimum absolute atomic E-state index is 0.188. The van der Waals surface area contributed by atoms with E-state index in [0.717, 1.165) is 11.3 Å². The van der Waals surface area contributed by atoms with Crippen molar-refractivity contribution in [1.29, 1.82) is 0 Å². The second kappa shape index (κ2) is 4.03. The third-order valence-corrected chi connectivity index (χ3v) is 2.95. The van der Waals surface area contributed by atoms with E-state index in [-0.39, 0.29) is 6.03 Å². The van der Waals surface area contributed by atoms with E-state index in [1.165, 1.54) is 0 Å². The van der Waals surface area contributed by atoms with Gasteiger partial charge in [-0.2, -0.15) is 0 Å². The molecule has 0 bridgehead atoms. The number of fused-ring (bicyclic) bond motifs is 1. The molecule has 1 aromatic carbocycles. The van der Waals surface area contributed by atoms with Gasteiger partial charge in [0.1, 0.15) is 5.82 Å². The van der Waals surface area contributed by atoms with E-state index in [2.05, 4.69) is 10.3 Å². The maximum atomic E-state index is 12.0. The summed E-state index contributed by atoms with van der Waals surface area (Å²) in [6.45, 7) is 0.435. The lowest BCUT2D eigenvalue weighted by Crippen LogP contribution is -2.39. The molecule has 90 valence electrons. The molecule has 1 aliphatic rings. The monoisotopic (exact) mass is 240 g/mol. The Morgan fingerprint density at radius 2 is 2.00 bits per heavy atom. The molecule has 3 N–H and O–H groups in total. The highest BCUT2D eigenvalue weighted by molar-refractivity contribution is 6.04. The molecule has 2 amide bonds. The minimum atomic E-state index is -0.188. The summed E-state index contributed by atoms with van der Waals surface area (Å²) in [4.78, 5) is 17.8. The standard InChI is InChI=1S/C13H12N4O/c14-11-6-7-15-12-10(11)8-17(13(18)16-12)9-4-2-1-3-5-9/h1-7H,8H2,(H3,14,15,16,18). The summed E-state index contributed by atoms with van der Waals surface area (Å²) in [5.41, 5.74) is 8.23. The number of hydrogen-bond acceptors (Lipinski definition) is 3. The molecule has 5 heteroatoms. The van der Waals surface area contributed by atoms with Crippen molar-refractivity contribution < 1.29 is 4.79 Å². The summed E-state index contributed by atoms with van der Waals surface area (Å²) in [5, 5.41) is 2.75. The van der Waals surface area contributed by atoms with Crippen molar-refractivity contribution in [3.63, 3.8) is 0 Å². The van der Waals surface area contributed by atoms with Gasteiger partial charge in [-0.3, -0.25) is 10.2 Å². The van der Waals surface area contributed by atoms with Crippen LogP contribution in [0.25, 0.3) is 0 Å². The predicted molar refractivity (Wildman–Crippen MR) is 70.3 cm³/mol. The first-order chi connectivity index (χ1) is 8.75. The van der Waals surface area contributed by atoms with Gasteiger partial charge in [-0.25, -0.2) is 9.78 Å². The number of pyridine rings is 1. The van der Waals surface area contributed by atoms with Crippen molar-refractivity contribution in [2.75, 3.05) is 16.0 Å². The molecule has 0 saturated carbocycles. The Bertz CT molecular complexity index is 597. The molecule has 0 unspecified atom stereocenters. The molecule has 0 atom stereocenters. The zero-order valence-corrected chi connectivity index (χ0v) is 9.63. The number of hydrogen-bond donors (Lipinski definition) is 2. The number of carbonyl (C=O) groups excluding carboxylic acids is 1. The van der Waals surface area contributed by atoms with Gasteiger partial charge in [0.2, 0.25) is 0 Å². The van der Waals surface area contributed by atoms with Crippen molar-refractivity contribution in [2.24, 2.45) is 0 Å². The van der Waals surface area contributed by atoms with E-state index in [1.54, 1.807) is 17.2 Å². The molecule has 0 saturated heterocycles. The van der Waals surface area contributed by atoms with Crippen LogP contribution in [0, 0.1) is 0 Å². The first-order valence-corrected chi connectivity index (χ1v) is 5.62. The van der Waals surface area contributed by atoms with Gasteiger partial charge in [-0.05, 0) is 18.2 Å². The fourth-order valence-corrected chi connectivity index (χ4v) is 2.00. The maximum absolute atomic E-state index is 12.0. The lowest BCUT2D eigenvalue weighted by Gasteiger charge is -2.29. The zero-order chi connectivity index (χ0) is 12.5. The highest BCUT2D eigenvalue weighted by Crippen LogP contribution is 2.28. The quantitative estimate of drug-likeness (QED) is 0.802. The topological polar surface area (TPSA) is 71.2 Å². The number of nitrogens with two attached hydrogens (primary N) is 1. The molecule has 0 aliphatic carbocycles. The van der Waals surface area contributed by atoms with Gasteiger partial charge in [-0.15, -0.1) is 0 Å². The van der Waals surface area contributed by atoms with Crippen LogP contribution in [0.15, 0.2) is 42.6 Å². The first-order valence-electron chi connectivity index (χ1n) is 5.62. The van der Waals surface area contributed by atoms with Gasteiger partial charge in [0.25, 0.3) is 0 Å². The number of nitrogens with zero attached hydrogens (tertiary/aromatic N) is 2. The van der Waals surface area contributed by atoms with E-state index in [4.69, 9.17) is 5.73 Å². The Kier molecular flexibility index (Phi) is 2.37. The summed E-state index contributed by atoms with van der Waals surface area (Å²) in [7, 11) is 0. The van der Waals surface area contributed by atoms with E-state index in [0.29, 0.717) is 18.1 Å². The van der Waals surface area contributed by atoms with E-state index in [9.17, 15) is 4.79 Å². The molecule has 5 nitrogen and oxygen atoms in total. The Morgan fingerprint density at radius 1 is 1.22 bits per heavy atom. The predicted octanol–water partition coefficient (Wildman–Crippen LogP) is 2.22. The van der Waals surface area contributed by atoms with Crippen molar-refractivity contribution >= 4 is 23.2 Å². The number of aromatic nitrogens is 1. The van der Waals surface area contributed by atoms with Crippen molar-refractivity contribution in [1.82, 2.24) is 4.98 Å². The summed E-state index contributed by atoms with van der Waals surface area (Å²) >= 11 is 0. The summed E-state index contributed by atoms with van der Waals surface area (Å²) in [6, 6.07) is 11.0. The molecule has 2 heterocycles. The molecule has 1 aromatic heterocycles. The molecule has 0 fully saturated rings. The molecule has 2 aromatic rings. The second-order valence-electron chi connectivity index (χ2n) is 4.08. The van der Waals surface area contributed by atoms with Gasteiger partial charge < -0.3 is 5.73 Å². The van der Waals surface area contributed by atoms with Crippen LogP contribution < -0.4 is 16.0 Å². The fourth-order valence-electron chi connectivity index (χ4n) is 2.00. The summed E-state index contributed by atoms with van der Waals surface area (Å²) in [6.07, 6.45) is 1.59. The number of nitrogen functional groups attached to an aromatic ring is 1. The lowest BCUT2D eigenvalue weighted by atomic mass is 10.1. The molecule has 1 aliphatic heterocycles. The highest BCUT2D eigenvalue weighted by atomic mass is 16.2. The maximum Gasteiger partial charge on any atom is 0.327 e. The van der Waals surface area contributed by atoms with E-state index < -0.39 is 0 Å². The SMILES string of the molecule is Nc1ccnc2c1CN(c1ccccc1)C(=O)N2. The Balaban J connectivity index is 2.02. The van der Waals surface area contributed by atoms with Crippen LogP contribution >= 0.6 is 0 Å². The Morgan fingerprint density at radius 3 is 2.78 bits per heavy atom. The van der Waals surface area contributed by atoms with Gasteiger partial charge in [0.15, 0.2) is 0 Å². The van der Waals surface area contributed by atoms with Crippen molar-refractivity contribution in [3.05, 3.63) is 48.2 Å². The highest BCUT2D eigenvalue weighted by Gasteiger charge is 2.25. The zero-order valence-electron chi connectivity index (χ0n) is 9.63. The lowest BCUT2D eigenvalue weighted by molar-refractivity contribution is 0.256. The second-order valence-corrected chi connectivity index (χ2v) is 4.08. The number of nitrogens with one attached hydrogen (secondary N) is 1. The number of anilines is 3. The molecule has 0 spiro atoms. The Labute approximate surface area is 104 Å². The van der Waals surface area contributed by atoms with Crippen LogP contribution in [-0.2, 0) is 6.54 Å². The number of urea groups is 1. The smallest absolute Gasteiger partial charge is 0.327 e. The van der Waals surface area contributed by atoms with Crippen LogP contribution in [0.4, 0.5) is 22.0 Å². The van der Waals surface area contributed by atoms with Crippen LogP contribution in [0.1, 0.15) is 5.56 Å². The third-order valence-electron chi connectivity index (χ3n) is 2.95. The van der Waals surface area contributed by atoms with E-state index >= 15 is 0 Å². The van der Waals surface area contributed by atoms with Crippen LogP contribution in [-0.4, -0.2) is 11.0 Å². The van der Waals surface area contributed by atoms with Crippen molar-refractivity contribution in [3.8, 4) is 0 Å². The third kappa shape index (κ3) is 1.66. The normalized spacial score (nSPS) is 14.0. The van der Waals surface area contributed by atoms with Crippen LogP contribution in [0.2, 0.25) is 0 Å². The van der Waals surface area contributed by atoms with Gasteiger partial charge in [0.05, 0.1) is 6.54 Å². The van der Waals surface area contributed by atoms with Gasteiger partial charge in [-0.1, -0.05) is 18.2 Å². The molecule has 3 rings (SSSR count). The minimum Gasteiger partial charge on any atom is -0.398 e. The summed E-state index contributed by atoms with van der Waals surface area (Å²) in [5.74, 6) is 0.548. The van der Waals surface area contributed by atoms with Crippen LogP contribution in [0.5, 0.6) is 0 Å². The molecular weight excluding hydrogens is 228 g/mol. The largest absolute Gasteiger partial charge is 0.398 e. The summed E-state index contributed by atoms with van der Waals surface area (Å²) < 4.78 is 0. The van der Waals surface area contributed by atoms with E-state index in [1.807, 2.05) is 30.3 Å². The Hall–Kier alpha value is -2.56. The average Bonchev–Trinajstić information content (AvgIpc) is 2.39. The first kappa shape index (κ1) is 10.6. The van der Waals surface area contributed by atoms with Gasteiger partial charge >= 0.3 is 6.03 Å². The molecule has 0 radical (unpaired) electrons. The average molecular weight is 240 g/mol. The van der Waals surface area contributed by atoms with Crippen LogP contribution in [0.3, 0.4) is 0 Å². The number of carbonyl (C=O) groups is 1. The number of para-hydroxylation sites is 1. The number of amides is 2.